The third kappa shape index (κ3) is 4.30. The average molecular weight is 377 g/mol. The number of nitrogens with zero attached hydrogens (tertiary/aromatic N) is 1. The third-order valence-electron chi connectivity index (χ3n) is 4.18. The summed E-state index contributed by atoms with van der Waals surface area (Å²) in [6.45, 7) is 5.75. The Balaban J connectivity index is 2.11. The van der Waals surface area contributed by atoms with Gasteiger partial charge in [0.15, 0.2) is 11.6 Å². The zero-order valence-corrected chi connectivity index (χ0v) is 16.0. The van der Waals surface area contributed by atoms with E-state index in [1.54, 1.807) is 0 Å². The minimum atomic E-state index is -0.733. The average Bonchev–Trinajstić information content (AvgIpc) is 3.40. The van der Waals surface area contributed by atoms with Gasteiger partial charge in [0.2, 0.25) is 5.43 Å². The van der Waals surface area contributed by atoms with Crippen molar-refractivity contribution in [3.05, 3.63) is 39.9 Å². The number of carbonyl (C=O) groups excluding carboxylic acids is 1. The Labute approximate surface area is 156 Å². The SMILES string of the molecule is COCCOC(=O)c1cn(C2CC2)c2cc(OC(C)(C)C)c(F)cc2c1=O. The quantitative estimate of drug-likeness (QED) is 0.570. The van der Waals surface area contributed by atoms with Crippen LogP contribution in [-0.4, -0.2) is 36.5 Å². The zero-order valence-electron chi connectivity index (χ0n) is 16.0. The molecule has 2 aromatic rings. The molecule has 0 spiro atoms. The summed E-state index contributed by atoms with van der Waals surface area (Å²) in [5.41, 5.74) is -0.680. The van der Waals surface area contributed by atoms with E-state index in [0.717, 1.165) is 18.9 Å². The molecular weight excluding hydrogens is 353 g/mol. The van der Waals surface area contributed by atoms with Crippen molar-refractivity contribution in [2.24, 2.45) is 0 Å². The van der Waals surface area contributed by atoms with Crippen LogP contribution in [0.3, 0.4) is 0 Å². The maximum absolute atomic E-state index is 14.6. The molecule has 1 aliphatic carbocycles. The predicted molar refractivity (Wildman–Crippen MR) is 99.0 cm³/mol. The summed E-state index contributed by atoms with van der Waals surface area (Å²) in [4.78, 5) is 25.1. The Hall–Kier alpha value is -2.41. The molecule has 0 aliphatic heterocycles. The van der Waals surface area contributed by atoms with E-state index in [-0.39, 0.29) is 36.0 Å². The lowest BCUT2D eigenvalue weighted by Gasteiger charge is -2.22. The molecule has 0 unspecified atom stereocenters. The highest BCUT2D eigenvalue weighted by Crippen LogP contribution is 2.38. The van der Waals surface area contributed by atoms with Gasteiger partial charge < -0.3 is 18.8 Å². The Morgan fingerprint density at radius 1 is 1.26 bits per heavy atom. The van der Waals surface area contributed by atoms with Crippen molar-refractivity contribution in [3.8, 4) is 5.75 Å². The Morgan fingerprint density at radius 3 is 2.56 bits per heavy atom. The van der Waals surface area contributed by atoms with Crippen molar-refractivity contribution < 1.29 is 23.4 Å². The normalized spacial score (nSPS) is 14.4. The molecule has 6 nitrogen and oxygen atoms in total. The Morgan fingerprint density at radius 2 is 1.96 bits per heavy atom. The van der Waals surface area contributed by atoms with Gasteiger partial charge in [0, 0.05) is 30.8 Å². The van der Waals surface area contributed by atoms with E-state index in [2.05, 4.69) is 0 Å². The summed E-state index contributed by atoms with van der Waals surface area (Å²) in [5.74, 6) is -1.29. The molecule has 1 saturated carbocycles. The van der Waals surface area contributed by atoms with Gasteiger partial charge in [-0.1, -0.05) is 0 Å². The summed E-state index contributed by atoms with van der Waals surface area (Å²) in [6.07, 6.45) is 3.38. The third-order valence-corrected chi connectivity index (χ3v) is 4.18. The summed E-state index contributed by atoms with van der Waals surface area (Å²) in [5, 5.41) is 0.141. The van der Waals surface area contributed by atoms with E-state index < -0.39 is 22.8 Å². The Kier molecular flexibility index (Phi) is 5.24. The standard InChI is InChI=1S/C20H24FNO5/c1-20(2,3)27-17-10-16-13(9-15(17)21)18(23)14(11-22(16)12-5-6-12)19(24)26-8-7-25-4/h9-12H,5-8H2,1-4H3. The van der Waals surface area contributed by atoms with E-state index in [1.807, 2.05) is 25.3 Å². The predicted octanol–water partition coefficient (Wildman–Crippen LogP) is 3.46. The van der Waals surface area contributed by atoms with E-state index in [4.69, 9.17) is 14.2 Å². The number of methoxy groups -OCH3 is 1. The number of hydrogen-bond acceptors (Lipinski definition) is 5. The number of esters is 1. The van der Waals surface area contributed by atoms with Crippen molar-refractivity contribution in [1.29, 1.82) is 0 Å². The first kappa shape index (κ1) is 19.4. The molecular formula is C20H24FNO5. The van der Waals surface area contributed by atoms with Crippen LogP contribution in [0.5, 0.6) is 5.75 Å². The fraction of sp³-hybridized carbons (Fsp3) is 0.500. The van der Waals surface area contributed by atoms with Crippen LogP contribution in [0.4, 0.5) is 4.39 Å². The first-order valence-corrected chi connectivity index (χ1v) is 8.95. The van der Waals surface area contributed by atoms with Gasteiger partial charge in [-0.25, -0.2) is 9.18 Å². The summed E-state index contributed by atoms with van der Waals surface area (Å²) < 4.78 is 32.0. The molecule has 1 fully saturated rings. The van der Waals surface area contributed by atoms with Crippen LogP contribution in [0.1, 0.15) is 50.0 Å². The van der Waals surface area contributed by atoms with E-state index in [1.165, 1.54) is 19.4 Å². The molecule has 0 bridgehead atoms. The van der Waals surface area contributed by atoms with Crippen LogP contribution in [0.25, 0.3) is 10.9 Å². The molecule has 0 amide bonds. The first-order chi connectivity index (χ1) is 12.7. The smallest absolute Gasteiger partial charge is 0.343 e. The van der Waals surface area contributed by atoms with Crippen LogP contribution in [0, 0.1) is 5.82 Å². The highest BCUT2D eigenvalue weighted by molar-refractivity contribution is 5.94. The fourth-order valence-corrected chi connectivity index (χ4v) is 2.85. The van der Waals surface area contributed by atoms with E-state index in [9.17, 15) is 14.0 Å². The molecule has 146 valence electrons. The topological polar surface area (TPSA) is 66.8 Å². The molecule has 1 heterocycles. The van der Waals surface area contributed by atoms with Gasteiger partial charge >= 0.3 is 5.97 Å². The number of aromatic nitrogens is 1. The van der Waals surface area contributed by atoms with Crippen LogP contribution < -0.4 is 10.2 Å². The minimum absolute atomic E-state index is 0.0446. The number of rotatable bonds is 6. The van der Waals surface area contributed by atoms with Crippen LogP contribution in [0.15, 0.2) is 23.1 Å². The number of hydrogen-bond donors (Lipinski definition) is 0. The number of fused-ring (bicyclic) bond motifs is 1. The highest BCUT2D eigenvalue weighted by Gasteiger charge is 2.28. The van der Waals surface area contributed by atoms with Crippen molar-refractivity contribution in [1.82, 2.24) is 4.57 Å². The molecule has 3 rings (SSSR count). The number of benzene rings is 1. The summed E-state index contributed by atoms with van der Waals surface area (Å²) >= 11 is 0. The molecule has 7 heteroatoms. The summed E-state index contributed by atoms with van der Waals surface area (Å²) in [6, 6.07) is 2.85. The lowest BCUT2D eigenvalue weighted by molar-refractivity contribution is 0.0386. The van der Waals surface area contributed by atoms with Crippen molar-refractivity contribution >= 4 is 16.9 Å². The second-order valence-electron chi connectivity index (χ2n) is 7.65. The van der Waals surface area contributed by atoms with Crippen LogP contribution in [-0.2, 0) is 9.47 Å². The molecule has 27 heavy (non-hydrogen) atoms. The molecule has 0 N–H and O–H groups in total. The van der Waals surface area contributed by atoms with Crippen molar-refractivity contribution in [2.75, 3.05) is 20.3 Å². The van der Waals surface area contributed by atoms with E-state index in [0.29, 0.717) is 5.52 Å². The number of halogens is 1. The van der Waals surface area contributed by atoms with Gasteiger partial charge in [-0.05, 0) is 39.7 Å². The van der Waals surface area contributed by atoms with Crippen LogP contribution >= 0.6 is 0 Å². The minimum Gasteiger partial charge on any atom is -0.485 e. The van der Waals surface area contributed by atoms with Gasteiger partial charge in [0.1, 0.15) is 17.8 Å². The van der Waals surface area contributed by atoms with Gasteiger partial charge in [-0.3, -0.25) is 4.79 Å². The fourth-order valence-electron chi connectivity index (χ4n) is 2.85. The van der Waals surface area contributed by atoms with Crippen molar-refractivity contribution in [2.45, 2.75) is 45.3 Å². The Bertz CT molecular complexity index is 925. The number of ether oxygens (including phenoxy) is 3. The molecule has 0 radical (unpaired) electrons. The largest absolute Gasteiger partial charge is 0.485 e. The maximum Gasteiger partial charge on any atom is 0.343 e. The second-order valence-corrected chi connectivity index (χ2v) is 7.65. The van der Waals surface area contributed by atoms with Crippen molar-refractivity contribution in [3.63, 3.8) is 0 Å². The maximum atomic E-state index is 14.6. The van der Waals surface area contributed by atoms with Crippen LogP contribution in [0.2, 0.25) is 0 Å². The first-order valence-electron chi connectivity index (χ1n) is 8.95. The van der Waals surface area contributed by atoms with Gasteiger partial charge in [-0.15, -0.1) is 0 Å². The number of pyridine rings is 1. The lowest BCUT2D eigenvalue weighted by Crippen LogP contribution is -2.24. The lowest BCUT2D eigenvalue weighted by atomic mass is 10.1. The zero-order chi connectivity index (χ0) is 19.8. The van der Waals surface area contributed by atoms with Gasteiger partial charge in [0.25, 0.3) is 0 Å². The van der Waals surface area contributed by atoms with Gasteiger partial charge in [-0.2, -0.15) is 0 Å². The summed E-state index contributed by atoms with van der Waals surface area (Å²) in [7, 11) is 1.49. The molecule has 0 atom stereocenters. The monoisotopic (exact) mass is 377 g/mol. The van der Waals surface area contributed by atoms with Gasteiger partial charge in [0.05, 0.1) is 12.1 Å². The van der Waals surface area contributed by atoms with E-state index >= 15 is 0 Å². The molecule has 0 saturated heterocycles. The molecule has 1 aliphatic rings. The molecule has 1 aromatic heterocycles. The molecule has 1 aromatic carbocycles. The highest BCUT2D eigenvalue weighted by atomic mass is 19.1. The number of carbonyl (C=O) groups is 1. The second kappa shape index (κ2) is 7.31.